The fourth-order valence-electron chi connectivity index (χ4n) is 4.35. The van der Waals surface area contributed by atoms with E-state index in [1.165, 1.54) is 16.7 Å². The number of hydrogen-bond donors (Lipinski definition) is 1. The highest BCUT2D eigenvalue weighted by atomic mass is 15.2. The second kappa shape index (κ2) is 9.18. The van der Waals surface area contributed by atoms with E-state index in [9.17, 15) is 0 Å². The van der Waals surface area contributed by atoms with E-state index >= 15 is 0 Å². The van der Waals surface area contributed by atoms with Crippen molar-refractivity contribution in [1.82, 2.24) is 10.2 Å². The molecule has 1 N–H and O–H groups in total. The lowest BCUT2D eigenvalue weighted by Gasteiger charge is -2.43. The fraction of sp³-hybridized carbons (Fsp3) is 0.308. The van der Waals surface area contributed by atoms with Gasteiger partial charge in [0.1, 0.15) is 0 Å². The standard InChI is InChI=1S/C26H30N2/c1-4-10-23(11-5-1)16-19-27-26(25-14-8-3-9-15-25)17-20-28(21-18-26)22-24-12-6-2-7-13-24/h1-15,27H,16-22H2. The van der Waals surface area contributed by atoms with E-state index in [1.807, 2.05) is 0 Å². The normalized spacial score (nSPS) is 16.7. The molecule has 0 unspecified atom stereocenters. The van der Waals surface area contributed by atoms with Crippen molar-refractivity contribution >= 4 is 0 Å². The Bertz CT molecular complexity index is 822. The summed E-state index contributed by atoms with van der Waals surface area (Å²) in [5, 5.41) is 3.96. The molecule has 28 heavy (non-hydrogen) atoms. The van der Waals surface area contributed by atoms with Gasteiger partial charge in [0.25, 0.3) is 0 Å². The molecule has 0 spiro atoms. The lowest BCUT2D eigenvalue weighted by atomic mass is 9.80. The molecule has 2 nitrogen and oxygen atoms in total. The van der Waals surface area contributed by atoms with Gasteiger partial charge in [0.15, 0.2) is 0 Å². The Hall–Kier alpha value is -2.42. The fourth-order valence-corrected chi connectivity index (χ4v) is 4.35. The first-order chi connectivity index (χ1) is 13.8. The first kappa shape index (κ1) is 18.9. The molecule has 1 saturated heterocycles. The molecule has 0 aliphatic carbocycles. The van der Waals surface area contributed by atoms with Gasteiger partial charge >= 0.3 is 0 Å². The van der Waals surface area contributed by atoms with E-state index in [2.05, 4.69) is 101 Å². The van der Waals surface area contributed by atoms with Crippen LogP contribution in [0.1, 0.15) is 29.5 Å². The van der Waals surface area contributed by atoms with Crippen LogP contribution in [0.25, 0.3) is 0 Å². The molecule has 3 aromatic rings. The molecule has 4 rings (SSSR count). The maximum absolute atomic E-state index is 3.96. The third-order valence-corrected chi connectivity index (χ3v) is 6.00. The molecule has 1 heterocycles. The van der Waals surface area contributed by atoms with E-state index in [0.717, 1.165) is 45.4 Å². The summed E-state index contributed by atoms with van der Waals surface area (Å²) in [4.78, 5) is 2.59. The van der Waals surface area contributed by atoms with Crippen LogP contribution in [0.15, 0.2) is 91.0 Å². The molecule has 2 heteroatoms. The van der Waals surface area contributed by atoms with Gasteiger partial charge in [0.2, 0.25) is 0 Å². The lowest BCUT2D eigenvalue weighted by Crippen LogP contribution is -2.51. The summed E-state index contributed by atoms with van der Waals surface area (Å²) in [6, 6.07) is 32.7. The summed E-state index contributed by atoms with van der Waals surface area (Å²) in [6.45, 7) is 4.32. The van der Waals surface area contributed by atoms with E-state index in [1.54, 1.807) is 0 Å². The van der Waals surface area contributed by atoms with Crippen LogP contribution in [0.2, 0.25) is 0 Å². The maximum atomic E-state index is 3.96. The number of hydrogen-bond acceptors (Lipinski definition) is 2. The first-order valence-corrected chi connectivity index (χ1v) is 10.4. The third kappa shape index (κ3) is 4.70. The van der Waals surface area contributed by atoms with Crippen LogP contribution in [0, 0.1) is 0 Å². The molecular formula is C26H30N2. The van der Waals surface area contributed by atoms with E-state index < -0.39 is 0 Å². The number of likely N-dealkylation sites (tertiary alicyclic amines) is 1. The van der Waals surface area contributed by atoms with Gasteiger partial charge in [-0.1, -0.05) is 91.0 Å². The summed E-state index contributed by atoms with van der Waals surface area (Å²) in [5.41, 5.74) is 4.33. The molecule has 1 aliphatic rings. The monoisotopic (exact) mass is 370 g/mol. The predicted octanol–water partition coefficient (Wildman–Crippen LogP) is 5.01. The largest absolute Gasteiger partial charge is 0.307 e. The van der Waals surface area contributed by atoms with Crippen molar-refractivity contribution in [1.29, 1.82) is 0 Å². The average molecular weight is 371 g/mol. The van der Waals surface area contributed by atoms with Crippen LogP contribution in [-0.4, -0.2) is 24.5 Å². The molecule has 3 aromatic carbocycles. The zero-order chi connectivity index (χ0) is 19.1. The van der Waals surface area contributed by atoms with Gasteiger partial charge in [-0.15, -0.1) is 0 Å². The molecular weight excluding hydrogens is 340 g/mol. The lowest BCUT2D eigenvalue weighted by molar-refractivity contribution is 0.129. The number of nitrogens with zero attached hydrogens (tertiary/aromatic N) is 1. The smallest absolute Gasteiger partial charge is 0.0459 e. The van der Waals surface area contributed by atoms with Crippen molar-refractivity contribution in [3.8, 4) is 0 Å². The molecule has 0 amide bonds. The van der Waals surface area contributed by atoms with Gasteiger partial charge in [-0.3, -0.25) is 4.90 Å². The number of benzene rings is 3. The van der Waals surface area contributed by atoms with Gasteiger partial charge in [0, 0.05) is 25.2 Å². The molecule has 0 saturated carbocycles. The molecule has 0 bridgehead atoms. The summed E-state index contributed by atoms with van der Waals surface area (Å²) in [6.07, 6.45) is 3.38. The summed E-state index contributed by atoms with van der Waals surface area (Å²) >= 11 is 0. The third-order valence-electron chi connectivity index (χ3n) is 6.00. The zero-order valence-corrected chi connectivity index (χ0v) is 16.6. The Morgan fingerprint density at radius 3 is 1.82 bits per heavy atom. The highest BCUT2D eigenvalue weighted by Gasteiger charge is 2.35. The van der Waals surface area contributed by atoms with E-state index in [4.69, 9.17) is 0 Å². The Morgan fingerprint density at radius 2 is 1.21 bits per heavy atom. The minimum atomic E-state index is 0.0865. The summed E-state index contributed by atoms with van der Waals surface area (Å²) in [5.74, 6) is 0. The second-order valence-electron chi connectivity index (χ2n) is 7.87. The second-order valence-corrected chi connectivity index (χ2v) is 7.87. The quantitative estimate of drug-likeness (QED) is 0.629. The predicted molar refractivity (Wildman–Crippen MR) is 117 cm³/mol. The highest BCUT2D eigenvalue weighted by molar-refractivity contribution is 5.26. The Kier molecular flexibility index (Phi) is 6.20. The molecule has 0 radical (unpaired) electrons. The maximum Gasteiger partial charge on any atom is 0.0459 e. The Labute approximate surface area is 169 Å². The van der Waals surface area contributed by atoms with Crippen molar-refractivity contribution in [2.45, 2.75) is 31.3 Å². The van der Waals surface area contributed by atoms with Crippen LogP contribution in [-0.2, 0) is 18.5 Å². The van der Waals surface area contributed by atoms with Gasteiger partial charge in [0.05, 0.1) is 0 Å². The van der Waals surface area contributed by atoms with Crippen molar-refractivity contribution in [2.75, 3.05) is 19.6 Å². The molecule has 0 aromatic heterocycles. The van der Waals surface area contributed by atoms with Crippen molar-refractivity contribution in [2.24, 2.45) is 0 Å². The summed E-state index contributed by atoms with van der Waals surface area (Å²) in [7, 11) is 0. The molecule has 144 valence electrons. The van der Waals surface area contributed by atoms with Gasteiger partial charge in [-0.2, -0.15) is 0 Å². The number of piperidine rings is 1. The van der Waals surface area contributed by atoms with Crippen LogP contribution < -0.4 is 5.32 Å². The SMILES string of the molecule is c1ccc(CCNC2(c3ccccc3)CCN(Cc3ccccc3)CC2)cc1. The highest BCUT2D eigenvalue weighted by Crippen LogP contribution is 2.33. The van der Waals surface area contributed by atoms with Crippen molar-refractivity contribution in [3.63, 3.8) is 0 Å². The average Bonchev–Trinajstić information content (AvgIpc) is 2.77. The van der Waals surface area contributed by atoms with Gasteiger partial charge in [-0.25, -0.2) is 0 Å². The molecule has 1 fully saturated rings. The molecule has 1 aliphatic heterocycles. The van der Waals surface area contributed by atoms with Crippen LogP contribution in [0.4, 0.5) is 0 Å². The van der Waals surface area contributed by atoms with Gasteiger partial charge < -0.3 is 5.32 Å². The van der Waals surface area contributed by atoms with Crippen LogP contribution in [0.5, 0.6) is 0 Å². The van der Waals surface area contributed by atoms with Crippen LogP contribution >= 0.6 is 0 Å². The minimum absolute atomic E-state index is 0.0865. The van der Waals surface area contributed by atoms with E-state index in [-0.39, 0.29) is 5.54 Å². The van der Waals surface area contributed by atoms with Crippen molar-refractivity contribution in [3.05, 3.63) is 108 Å². The minimum Gasteiger partial charge on any atom is -0.307 e. The Balaban J connectivity index is 1.42. The van der Waals surface area contributed by atoms with Crippen LogP contribution in [0.3, 0.4) is 0 Å². The number of rotatable bonds is 7. The van der Waals surface area contributed by atoms with Gasteiger partial charge in [-0.05, 0) is 42.5 Å². The van der Waals surface area contributed by atoms with Crippen molar-refractivity contribution < 1.29 is 0 Å². The topological polar surface area (TPSA) is 15.3 Å². The first-order valence-electron chi connectivity index (χ1n) is 10.4. The zero-order valence-electron chi connectivity index (χ0n) is 16.6. The molecule has 0 atom stereocenters. The Morgan fingerprint density at radius 1 is 0.679 bits per heavy atom. The van der Waals surface area contributed by atoms with E-state index in [0.29, 0.717) is 0 Å². The summed E-state index contributed by atoms with van der Waals surface area (Å²) < 4.78 is 0. The number of nitrogens with one attached hydrogen (secondary N) is 1.